The number of carbonyl (C=O) groups is 1. The minimum atomic E-state index is -0.405. The molecule has 1 atom stereocenters. The predicted molar refractivity (Wildman–Crippen MR) is 89.4 cm³/mol. The van der Waals surface area contributed by atoms with E-state index in [9.17, 15) is 4.79 Å². The fraction of sp³-hybridized carbons (Fsp3) is 0.765. The van der Waals surface area contributed by atoms with Crippen LogP contribution in [0.5, 0.6) is 0 Å². The summed E-state index contributed by atoms with van der Waals surface area (Å²) in [6.45, 7) is 11.9. The summed E-state index contributed by atoms with van der Waals surface area (Å²) in [5, 5.41) is 4.08. The molecule has 4 nitrogen and oxygen atoms in total. The van der Waals surface area contributed by atoms with Gasteiger partial charge in [-0.15, -0.1) is 11.8 Å². The van der Waals surface area contributed by atoms with E-state index in [4.69, 9.17) is 9.26 Å². The Kier molecular flexibility index (Phi) is 5.38. The molecule has 2 rings (SSSR count). The van der Waals surface area contributed by atoms with Crippen molar-refractivity contribution in [3.05, 3.63) is 17.5 Å². The number of Topliss-reactive ketones (excluding diaryl/α,β-unsaturated/α-hetero) is 1. The second kappa shape index (κ2) is 6.75. The third-order valence-electron chi connectivity index (χ3n) is 4.04. The summed E-state index contributed by atoms with van der Waals surface area (Å²) in [6, 6.07) is 1.91. The summed E-state index contributed by atoms with van der Waals surface area (Å²) in [6.07, 6.45) is 1.42. The SMILES string of the molecule is CC(C)(SCC1CCOC1)C(=O)Cc1cc(C(C)(C)C)no1. The summed E-state index contributed by atoms with van der Waals surface area (Å²) in [7, 11) is 0. The Balaban J connectivity index is 1.90. The first kappa shape index (κ1) is 17.5. The number of ether oxygens (including phenoxy) is 1. The van der Waals surface area contributed by atoms with E-state index in [2.05, 4.69) is 25.9 Å². The molecule has 124 valence electrons. The Morgan fingerprint density at radius 1 is 1.36 bits per heavy atom. The Morgan fingerprint density at radius 3 is 2.64 bits per heavy atom. The third-order valence-corrected chi connectivity index (χ3v) is 5.62. The van der Waals surface area contributed by atoms with Crippen molar-refractivity contribution in [3.63, 3.8) is 0 Å². The smallest absolute Gasteiger partial charge is 0.155 e. The highest BCUT2D eigenvalue weighted by molar-refractivity contribution is 8.01. The lowest BCUT2D eigenvalue weighted by Crippen LogP contribution is -2.30. The van der Waals surface area contributed by atoms with Gasteiger partial charge in [0, 0.05) is 18.1 Å². The van der Waals surface area contributed by atoms with Crippen molar-refractivity contribution in [2.24, 2.45) is 5.92 Å². The predicted octanol–water partition coefficient (Wildman–Crippen LogP) is 3.63. The number of thioether (sulfide) groups is 1. The van der Waals surface area contributed by atoms with Gasteiger partial charge in [-0.25, -0.2) is 0 Å². The molecule has 0 bridgehead atoms. The van der Waals surface area contributed by atoms with Gasteiger partial charge in [0.2, 0.25) is 0 Å². The van der Waals surface area contributed by atoms with Crippen LogP contribution in [0.3, 0.4) is 0 Å². The first-order chi connectivity index (χ1) is 10.2. The summed E-state index contributed by atoms with van der Waals surface area (Å²) >= 11 is 1.72. The zero-order valence-corrected chi connectivity index (χ0v) is 15.1. The number of hydrogen-bond acceptors (Lipinski definition) is 5. The summed E-state index contributed by atoms with van der Waals surface area (Å²) in [5.41, 5.74) is 0.834. The van der Waals surface area contributed by atoms with Gasteiger partial charge in [-0.05, 0) is 31.9 Å². The molecule has 1 aromatic heterocycles. The van der Waals surface area contributed by atoms with E-state index in [1.807, 2.05) is 19.9 Å². The van der Waals surface area contributed by atoms with Gasteiger partial charge in [0.05, 0.1) is 23.5 Å². The maximum Gasteiger partial charge on any atom is 0.155 e. The molecule has 0 aromatic carbocycles. The Hall–Kier alpha value is -0.810. The highest BCUT2D eigenvalue weighted by Crippen LogP contribution is 2.31. The van der Waals surface area contributed by atoms with Gasteiger partial charge in [0.1, 0.15) is 5.76 Å². The van der Waals surface area contributed by atoms with E-state index >= 15 is 0 Å². The van der Waals surface area contributed by atoms with Crippen molar-refractivity contribution in [2.45, 2.75) is 57.6 Å². The van der Waals surface area contributed by atoms with E-state index in [1.54, 1.807) is 11.8 Å². The molecule has 0 radical (unpaired) electrons. The first-order valence-corrected chi connectivity index (χ1v) is 8.88. The molecule has 1 aliphatic rings. The van der Waals surface area contributed by atoms with Crippen molar-refractivity contribution in [1.82, 2.24) is 5.16 Å². The van der Waals surface area contributed by atoms with Crippen molar-refractivity contribution >= 4 is 17.5 Å². The van der Waals surface area contributed by atoms with E-state index in [-0.39, 0.29) is 11.2 Å². The average Bonchev–Trinajstić information content (AvgIpc) is 3.06. The van der Waals surface area contributed by atoms with Gasteiger partial charge < -0.3 is 9.26 Å². The Labute approximate surface area is 137 Å². The number of carbonyl (C=O) groups excluding carboxylic acids is 1. The number of ketones is 1. The third kappa shape index (κ3) is 4.59. The lowest BCUT2D eigenvalue weighted by atomic mass is 9.92. The maximum atomic E-state index is 12.6. The molecule has 22 heavy (non-hydrogen) atoms. The van der Waals surface area contributed by atoms with Gasteiger partial charge in [-0.2, -0.15) is 0 Å². The number of rotatable bonds is 6. The molecule has 1 unspecified atom stereocenters. The summed E-state index contributed by atoms with van der Waals surface area (Å²) in [5.74, 6) is 2.40. The topological polar surface area (TPSA) is 52.3 Å². The fourth-order valence-corrected chi connectivity index (χ4v) is 3.39. The molecule has 0 aliphatic carbocycles. The molecule has 5 heteroatoms. The average molecular weight is 325 g/mol. The van der Waals surface area contributed by atoms with Crippen molar-refractivity contribution in [2.75, 3.05) is 19.0 Å². The van der Waals surface area contributed by atoms with Crippen LogP contribution in [0.2, 0.25) is 0 Å². The second-order valence-corrected chi connectivity index (χ2v) is 9.22. The minimum Gasteiger partial charge on any atom is -0.381 e. The molecular weight excluding hydrogens is 298 g/mol. The van der Waals surface area contributed by atoms with Crippen LogP contribution in [0.15, 0.2) is 10.6 Å². The van der Waals surface area contributed by atoms with Gasteiger partial charge >= 0.3 is 0 Å². The van der Waals surface area contributed by atoms with Crippen LogP contribution in [0, 0.1) is 5.92 Å². The zero-order valence-electron chi connectivity index (χ0n) is 14.3. The van der Waals surface area contributed by atoms with Crippen LogP contribution in [0.25, 0.3) is 0 Å². The largest absolute Gasteiger partial charge is 0.381 e. The van der Waals surface area contributed by atoms with E-state index in [0.29, 0.717) is 18.1 Å². The molecule has 1 aliphatic heterocycles. The zero-order chi connectivity index (χ0) is 16.4. The van der Waals surface area contributed by atoms with Gasteiger partial charge in [0.25, 0.3) is 0 Å². The highest BCUT2D eigenvalue weighted by atomic mass is 32.2. The molecule has 0 amide bonds. The highest BCUT2D eigenvalue weighted by Gasteiger charge is 2.31. The molecule has 2 heterocycles. The lowest BCUT2D eigenvalue weighted by molar-refractivity contribution is -0.120. The van der Waals surface area contributed by atoms with E-state index < -0.39 is 4.75 Å². The Morgan fingerprint density at radius 2 is 2.09 bits per heavy atom. The molecule has 0 N–H and O–H groups in total. The number of hydrogen-bond donors (Lipinski definition) is 0. The standard InChI is InChI=1S/C17H27NO3S/c1-16(2,3)14-8-13(21-18-14)9-15(19)17(4,5)22-11-12-6-7-20-10-12/h8,12H,6-7,9-11H2,1-5H3. The molecule has 0 saturated carbocycles. The maximum absolute atomic E-state index is 12.6. The van der Waals surface area contributed by atoms with Crippen molar-refractivity contribution < 1.29 is 14.1 Å². The van der Waals surface area contributed by atoms with Crippen LogP contribution >= 0.6 is 11.8 Å². The summed E-state index contributed by atoms with van der Waals surface area (Å²) in [4.78, 5) is 12.6. The second-order valence-electron chi connectivity index (χ2n) is 7.58. The lowest BCUT2D eigenvalue weighted by Gasteiger charge is -2.23. The molecule has 0 spiro atoms. The van der Waals surface area contributed by atoms with Gasteiger partial charge in [-0.3, -0.25) is 4.79 Å². The number of nitrogens with zero attached hydrogens (tertiary/aromatic N) is 1. The first-order valence-electron chi connectivity index (χ1n) is 7.89. The van der Waals surface area contributed by atoms with Gasteiger partial charge in [-0.1, -0.05) is 25.9 Å². The quantitative estimate of drug-likeness (QED) is 0.799. The van der Waals surface area contributed by atoms with E-state index in [1.165, 1.54) is 0 Å². The molecule has 1 fully saturated rings. The van der Waals surface area contributed by atoms with Crippen LogP contribution < -0.4 is 0 Å². The monoisotopic (exact) mass is 325 g/mol. The van der Waals surface area contributed by atoms with Crippen LogP contribution in [0.4, 0.5) is 0 Å². The van der Waals surface area contributed by atoms with Crippen LogP contribution in [-0.4, -0.2) is 34.7 Å². The Bertz CT molecular complexity index is 510. The van der Waals surface area contributed by atoms with E-state index in [0.717, 1.165) is 31.1 Å². The van der Waals surface area contributed by atoms with Gasteiger partial charge in [0.15, 0.2) is 5.78 Å². The molecule has 1 saturated heterocycles. The molecular formula is C17H27NO3S. The number of aromatic nitrogens is 1. The molecule has 1 aromatic rings. The fourth-order valence-electron chi connectivity index (χ4n) is 2.24. The van der Waals surface area contributed by atoms with Crippen LogP contribution in [0.1, 0.15) is 52.5 Å². The van der Waals surface area contributed by atoms with Crippen LogP contribution in [-0.2, 0) is 21.4 Å². The van der Waals surface area contributed by atoms with Crippen molar-refractivity contribution in [1.29, 1.82) is 0 Å². The summed E-state index contributed by atoms with van der Waals surface area (Å²) < 4.78 is 10.3. The van der Waals surface area contributed by atoms with Crippen molar-refractivity contribution in [3.8, 4) is 0 Å². The minimum absolute atomic E-state index is 0.0580. The normalized spacial score (nSPS) is 19.6.